The Hall–Kier alpha value is -2.06. The number of benzene rings is 1. The SMILES string of the molecule is CC1=Nc2cc(C(=O)O)c3c(c2C1(C)C)N=C(C)C3(C)CCCS(=O)(=O)O. The number of aliphatic imine (C=N–C) groups is 2. The molecule has 0 saturated carbocycles. The van der Waals surface area contributed by atoms with Gasteiger partial charge in [-0.1, -0.05) is 20.8 Å². The minimum absolute atomic E-state index is 0.146. The Morgan fingerprint density at radius 2 is 1.74 bits per heavy atom. The molecular weight excluding hydrogens is 368 g/mol. The number of nitrogens with zero attached hydrogens (tertiary/aromatic N) is 2. The fourth-order valence-corrected chi connectivity index (χ4v) is 4.59. The third-order valence-electron chi connectivity index (χ3n) is 6.04. The first-order chi connectivity index (χ1) is 12.3. The van der Waals surface area contributed by atoms with Crippen LogP contribution in [0.3, 0.4) is 0 Å². The van der Waals surface area contributed by atoms with Crippen LogP contribution in [0, 0.1) is 0 Å². The summed E-state index contributed by atoms with van der Waals surface area (Å²) in [4.78, 5) is 21.3. The maximum Gasteiger partial charge on any atom is 0.336 e. The summed E-state index contributed by atoms with van der Waals surface area (Å²) in [6.45, 7) is 9.72. The molecule has 1 atom stereocenters. The summed E-state index contributed by atoms with van der Waals surface area (Å²) >= 11 is 0. The molecule has 3 rings (SSSR count). The molecule has 1 aromatic rings. The first-order valence-electron chi connectivity index (χ1n) is 8.81. The summed E-state index contributed by atoms with van der Waals surface area (Å²) in [5.74, 6) is -1.43. The number of carbonyl (C=O) groups is 1. The lowest BCUT2D eigenvalue weighted by molar-refractivity contribution is 0.0694. The monoisotopic (exact) mass is 392 g/mol. The molecule has 0 aromatic heterocycles. The molecule has 2 heterocycles. The van der Waals surface area contributed by atoms with Crippen LogP contribution >= 0.6 is 0 Å². The summed E-state index contributed by atoms with van der Waals surface area (Å²) in [6, 6.07) is 1.60. The Morgan fingerprint density at radius 1 is 1.11 bits per heavy atom. The molecule has 27 heavy (non-hydrogen) atoms. The molecule has 1 unspecified atom stereocenters. The van der Waals surface area contributed by atoms with E-state index in [1.165, 1.54) is 0 Å². The number of aromatic carboxylic acids is 1. The molecule has 7 nitrogen and oxygen atoms in total. The number of carboxylic acids is 1. The molecule has 146 valence electrons. The van der Waals surface area contributed by atoms with E-state index in [1.807, 2.05) is 34.6 Å². The Kier molecular flexibility index (Phi) is 4.35. The van der Waals surface area contributed by atoms with Gasteiger partial charge in [0.05, 0.1) is 22.7 Å². The second-order valence-corrected chi connectivity index (χ2v) is 9.66. The Bertz CT molecular complexity index is 1020. The Balaban J connectivity index is 2.19. The maximum absolute atomic E-state index is 12.0. The summed E-state index contributed by atoms with van der Waals surface area (Å²) in [7, 11) is -4.07. The van der Waals surface area contributed by atoms with Gasteiger partial charge >= 0.3 is 5.97 Å². The molecule has 2 N–H and O–H groups in total. The van der Waals surface area contributed by atoms with Gasteiger partial charge in [-0.2, -0.15) is 8.42 Å². The average molecular weight is 392 g/mol. The van der Waals surface area contributed by atoms with E-state index >= 15 is 0 Å². The van der Waals surface area contributed by atoms with Crippen LogP contribution in [-0.4, -0.2) is 41.2 Å². The molecule has 0 radical (unpaired) electrons. The third-order valence-corrected chi connectivity index (χ3v) is 6.84. The molecule has 0 aliphatic carbocycles. The van der Waals surface area contributed by atoms with E-state index in [0.29, 0.717) is 23.4 Å². The standard InChI is InChI=1S/C19H24N2O5S/c1-10-18(3,4)15-13(20-10)9-12(17(22)23)14-16(15)21-11(2)19(14,5)7-6-8-27(24,25)26/h9H,6-8H2,1-5H3,(H,22,23)(H,24,25,26). The van der Waals surface area contributed by atoms with E-state index in [-0.39, 0.29) is 23.2 Å². The smallest absolute Gasteiger partial charge is 0.336 e. The van der Waals surface area contributed by atoms with Crippen LogP contribution in [0.4, 0.5) is 11.4 Å². The van der Waals surface area contributed by atoms with Crippen molar-refractivity contribution in [2.75, 3.05) is 5.75 Å². The van der Waals surface area contributed by atoms with E-state index < -0.39 is 21.5 Å². The predicted octanol–water partition coefficient (Wildman–Crippen LogP) is 3.80. The van der Waals surface area contributed by atoms with Gasteiger partial charge in [-0.25, -0.2) is 4.79 Å². The zero-order chi connectivity index (χ0) is 20.4. The predicted molar refractivity (Wildman–Crippen MR) is 105 cm³/mol. The fraction of sp³-hybridized carbons (Fsp3) is 0.526. The van der Waals surface area contributed by atoms with Crippen molar-refractivity contribution in [3.63, 3.8) is 0 Å². The lowest BCUT2D eigenvalue weighted by atomic mass is 9.71. The molecule has 2 aliphatic heterocycles. The van der Waals surface area contributed by atoms with E-state index in [9.17, 15) is 18.3 Å². The number of hydrogen-bond donors (Lipinski definition) is 2. The normalized spacial score (nSPS) is 22.9. The van der Waals surface area contributed by atoms with Crippen LogP contribution in [0.2, 0.25) is 0 Å². The first kappa shape index (κ1) is 19.7. The van der Waals surface area contributed by atoms with Gasteiger partial charge in [0, 0.05) is 33.4 Å². The summed E-state index contributed by atoms with van der Waals surface area (Å²) in [5.41, 5.74) is 3.51. The van der Waals surface area contributed by atoms with Gasteiger partial charge in [-0.05, 0) is 32.8 Å². The van der Waals surface area contributed by atoms with Crippen molar-refractivity contribution in [3.05, 3.63) is 22.8 Å². The van der Waals surface area contributed by atoms with Crippen LogP contribution in [0.25, 0.3) is 0 Å². The molecule has 8 heteroatoms. The largest absolute Gasteiger partial charge is 0.478 e. The molecular formula is C19H24N2O5S. The molecule has 2 aliphatic rings. The average Bonchev–Trinajstić information content (AvgIpc) is 2.89. The summed E-state index contributed by atoms with van der Waals surface area (Å²) < 4.78 is 31.2. The molecule has 0 saturated heterocycles. The fourth-order valence-electron chi connectivity index (χ4n) is 4.09. The third kappa shape index (κ3) is 3.00. The van der Waals surface area contributed by atoms with E-state index in [0.717, 1.165) is 17.0 Å². The topological polar surface area (TPSA) is 116 Å². The lowest BCUT2D eigenvalue weighted by Gasteiger charge is -2.29. The van der Waals surface area contributed by atoms with Crippen LogP contribution in [0.5, 0.6) is 0 Å². The highest BCUT2D eigenvalue weighted by Gasteiger charge is 2.46. The number of rotatable bonds is 5. The van der Waals surface area contributed by atoms with Crippen LogP contribution in [-0.2, 0) is 20.9 Å². The maximum atomic E-state index is 12.0. The second-order valence-electron chi connectivity index (χ2n) is 8.09. The highest BCUT2D eigenvalue weighted by Crippen LogP contribution is 2.55. The highest BCUT2D eigenvalue weighted by atomic mass is 32.2. The second kappa shape index (κ2) is 5.97. The number of hydrogen-bond acceptors (Lipinski definition) is 5. The van der Waals surface area contributed by atoms with Crippen molar-refractivity contribution in [1.82, 2.24) is 0 Å². The molecule has 0 spiro atoms. The molecule has 0 fully saturated rings. The van der Waals surface area contributed by atoms with Crippen LogP contribution < -0.4 is 0 Å². The summed E-state index contributed by atoms with van der Waals surface area (Å²) in [6.07, 6.45) is 0.575. The zero-order valence-electron chi connectivity index (χ0n) is 16.1. The molecule has 0 bridgehead atoms. The van der Waals surface area contributed by atoms with Gasteiger partial charge in [0.15, 0.2) is 0 Å². The van der Waals surface area contributed by atoms with Crippen molar-refractivity contribution in [2.24, 2.45) is 9.98 Å². The Labute approximate surface area is 159 Å². The minimum atomic E-state index is -4.07. The van der Waals surface area contributed by atoms with Gasteiger partial charge < -0.3 is 5.11 Å². The lowest BCUT2D eigenvalue weighted by Crippen LogP contribution is -2.30. The number of carboxylic acid groups (broad SMARTS) is 1. The van der Waals surface area contributed by atoms with Crippen LogP contribution in [0.1, 0.15) is 68.9 Å². The molecule has 0 amide bonds. The number of fused-ring (bicyclic) bond motifs is 3. The van der Waals surface area contributed by atoms with Gasteiger partial charge in [-0.3, -0.25) is 14.5 Å². The Morgan fingerprint density at radius 3 is 2.30 bits per heavy atom. The van der Waals surface area contributed by atoms with Crippen molar-refractivity contribution >= 4 is 38.9 Å². The van der Waals surface area contributed by atoms with E-state index in [1.54, 1.807) is 6.07 Å². The first-order valence-corrected chi connectivity index (χ1v) is 10.4. The van der Waals surface area contributed by atoms with E-state index in [4.69, 9.17) is 9.55 Å². The quantitative estimate of drug-likeness (QED) is 0.739. The van der Waals surface area contributed by atoms with Crippen molar-refractivity contribution in [3.8, 4) is 0 Å². The van der Waals surface area contributed by atoms with Crippen LogP contribution in [0.15, 0.2) is 16.1 Å². The van der Waals surface area contributed by atoms with Gasteiger partial charge in [0.25, 0.3) is 10.1 Å². The molecule has 1 aromatic carbocycles. The minimum Gasteiger partial charge on any atom is -0.478 e. The van der Waals surface area contributed by atoms with Gasteiger partial charge in [-0.15, -0.1) is 0 Å². The summed E-state index contributed by atoms with van der Waals surface area (Å²) in [5, 5.41) is 9.81. The van der Waals surface area contributed by atoms with Crippen molar-refractivity contribution < 1.29 is 22.9 Å². The highest BCUT2D eigenvalue weighted by molar-refractivity contribution is 7.85. The van der Waals surface area contributed by atoms with Gasteiger partial charge in [0.1, 0.15) is 0 Å². The van der Waals surface area contributed by atoms with Crippen molar-refractivity contribution in [2.45, 2.75) is 58.3 Å². The zero-order valence-corrected chi connectivity index (χ0v) is 16.9. The van der Waals surface area contributed by atoms with Gasteiger partial charge in [0.2, 0.25) is 0 Å². The van der Waals surface area contributed by atoms with Crippen molar-refractivity contribution in [1.29, 1.82) is 0 Å². The van der Waals surface area contributed by atoms with E-state index in [2.05, 4.69) is 4.99 Å².